The van der Waals surface area contributed by atoms with Crippen molar-refractivity contribution in [3.8, 4) is 5.75 Å². The fourth-order valence-electron chi connectivity index (χ4n) is 3.53. The van der Waals surface area contributed by atoms with Crippen molar-refractivity contribution < 1.29 is 4.74 Å². The van der Waals surface area contributed by atoms with Crippen molar-refractivity contribution in [2.75, 3.05) is 20.2 Å². The fraction of sp³-hybridized carbons (Fsp3) is 0.556. The van der Waals surface area contributed by atoms with E-state index in [4.69, 9.17) is 4.74 Å². The van der Waals surface area contributed by atoms with Gasteiger partial charge in [0.05, 0.1) is 18.5 Å². The van der Waals surface area contributed by atoms with Gasteiger partial charge in [0.15, 0.2) is 0 Å². The topological polar surface area (TPSA) is 54.0 Å². The molecule has 0 aliphatic carbocycles. The van der Waals surface area contributed by atoms with Gasteiger partial charge in [-0.3, -0.25) is 15.0 Å². The van der Waals surface area contributed by atoms with Crippen LogP contribution in [0.2, 0.25) is 0 Å². The summed E-state index contributed by atoms with van der Waals surface area (Å²) in [5.41, 5.74) is 5.70. The maximum absolute atomic E-state index is 5.53. The van der Waals surface area contributed by atoms with Crippen molar-refractivity contribution in [2.45, 2.75) is 46.1 Å². The first-order valence-electron chi connectivity index (χ1n) is 8.31. The molecule has 0 aromatic carbocycles. The molecule has 23 heavy (non-hydrogen) atoms. The van der Waals surface area contributed by atoms with Crippen LogP contribution in [0.3, 0.4) is 0 Å². The van der Waals surface area contributed by atoms with Gasteiger partial charge in [0.2, 0.25) is 0 Å². The molecule has 3 heterocycles. The predicted molar refractivity (Wildman–Crippen MR) is 90.8 cm³/mol. The Balaban J connectivity index is 1.73. The zero-order valence-corrected chi connectivity index (χ0v) is 14.5. The predicted octanol–water partition coefficient (Wildman–Crippen LogP) is 3.12. The molecule has 1 aliphatic heterocycles. The number of aromatic amines is 1. The third-order valence-corrected chi connectivity index (χ3v) is 4.77. The van der Waals surface area contributed by atoms with Gasteiger partial charge in [0.1, 0.15) is 5.75 Å². The van der Waals surface area contributed by atoms with Crippen LogP contribution in [-0.4, -0.2) is 40.3 Å². The summed E-state index contributed by atoms with van der Waals surface area (Å²) >= 11 is 0. The van der Waals surface area contributed by atoms with Crippen molar-refractivity contribution in [3.05, 3.63) is 40.5 Å². The van der Waals surface area contributed by atoms with Gasteiger partial charge in [0, 0.05) is 42.0 Å². The largest absolute Gasteiger partial charge is 0.496 e. The number of pyridine rings is 1. The van der Waals surface area contributed by atoms with E-state index in [0.717, 1.165) is 47.9 Å². The number of nitrogens with zero attached hydrogens (tertiary/aromatic N) is 3. The number of hydrogen-bond donors (Lipinski definition) is 1. The van der Waals surface area contributed by atoms with E-state index < -0.39 is 0 Å². The van der Waals surface area contributed by atoms with E-state index in [1.54, 1.807) is 7.11 Å². The number of nitrogens with one attached hydrogen (secondary N) is 1. The molecule has 1 fully saturated rings. The first-order chi connectivity index (χ1) is 11.1. The lowest BCUT2D eigenvalue weighted by Gasteiger charge is -2.32. The molecule has 1 aliphatic rings. The molecule has 2 aromatic rings. The maximum Gasteiger partial charge on any atom is 0.128 e. The Morgan fingerprint density at radius 3 is 2.87 bits per heavy atom. The van der Waals surface area contributed by atoms with Crippen LogP contribution in [0.5, 0.6) is 5.75 Å². The van der Waals surface area contributed by atoms with Crippen molar-refractivity contribution in [1.82, 2.24) is 20.1 Å². The van der Waals surface area contributed by atoms with Crippen LogP contribution < -0.4 is 4.74 Å². The van der Waals surface area contributed by atoms with E-state index in [9.17, 15) is 0 Å². The average Bonchev–Trinajstić information content (AvgIpc) is 2.98. The minimum atomic E-state index is 0.515. The molecule has 5 nitrogen and oxygen atoms in total. The first kappa shape index (κ1) is 16.0. The molecule has 124 valence electrons. The standard InChI is InChI=1S/C18H26N4O/c1-12-9-19-17(14(3)18(12)23-4)11-22-7-5-6-15(10-22)16-8-13(2)20-21-16/h8-9,15H,5-7,10-11H2,1-4H3,(H,20,21)/t15-/m0/s1. The van der Waals surface area contributed by atoms with Crippen molar-refractivity contribution in [2.24, 2.45) is 0 Å². The summed E-state index contributed by atoms with van der Waals surface area (Å²) < 4.78 is 5.53. The zero-order chi connectivity index (χ0) is 16.4. The minimum absolute atomic E-state index is 0.515. The van der Waals surface area contributed by atoms with Crippen LogP contribution in [0.25, 0.3) is 0 Å². The van der Waals surface area contributed by atoms with Gasteiger partial charge >= 0.3 is 0 Å². The van der Waals surface area contributed by atoms with Gasteiger partial charge < -0.3 is 4.74 Å². The molecule has 3 rings (SSSR count). The second kappa shape index (κ2) is 6.71. The molecule has 0 saturated carbocycles. The molecule has 2 aromatic heterocycles. The van der Waals surface area contributed by atoms with E-state index in [0.29, 0.717) is 5.92 Å². The molecule has 1 saturated heterocycles. The molecule has 0 amide bonds. The van der Waals surface area contributed by atoms with Gasteiger partial charge in [-0.15, -0.1) is 0 Å². The number of ether oxygens (including phenoxy) is 1. The monoisotopic (exact) mass is 314 g/mol. The van der Waals surface area contributed by atoms with Crippen LogP contribution in [-0.2, 0) is 6.54 Å². The summed E-state index contributed by atoms with van der Waals surface area (Å²) in [4.78, 5) is 7.13. The Labute approximate surface area is 138 Å². The number of aryl methyl sites for hydroxylation is 2. The van der Waals surface area contributed by atoms with Crippen LogP contribution >= 0.6 is 0 Å². The Morgan fingerprint density at radius 1 is 1.35 bits per heavy atom. The molecule has 5 heteroatoms. The van der Waals surface area contributed by atoms with E-state index in [-0.39, 0.29) is 0 Å². The molecule has 0 unspecified atom stereocenters. The van der Waals surface area contributed by atoms with E-state index in [1.807, 2.05) is 13.1 Å². The second-order valence-corrected chi connectivity index (χ2v) is 6.60. The third-order valence-electron chi connectivity index (χ3n) is 4.77. The Morgan fingerprint density at radius 2 is 2.17 bits per heavy atom. The van der Waals surface area contributed by atoms with Crippen LogP contribution in [0, 0.1) is 20.8 Å². The number of piperidine rings is 1. The van der Waals surface area contributed by atoms with Crippen LogP contribution in [0.1, 0.15) is 47.0 Å². The second-order valence-electron chi connectivity index (χ2n) is 6.60. The zero-order valence-electron chi connectivity index (χ0n) is 14.5. The highest BCUT2D eigenvalue weighted by Crippen LogP contribution is 2.29. The summed E-state index contributed by atoms with van der Waals surface area (Å²) in [6.45, 7) is 9.25. The molecule has 0 spiro atoms. The number of H-pyrrole nitrogens is 1. The Kier molecular flexibility index (Phi) is 4.66. The highest BCUT2D eigenvalue weighted by atomic mass is 16.5. The van der Waals surface area contributed by atoms with Gasteiger partial charge in [0.25, 0.3) is 0 Å². The highest BCUT2D eigenvalue weighted by Gasteiger charge is 2.24. The number of rotatable bonds is 4. The van der Waals surface area contributed by atoms with Gasteiger partial charge in [-0.2, -0.15) is 5.10 Å². The Hall–Kier alpha value is -1.88. The van der Waals surface area contributed by atoms with E-state index >= 15 is 0 Å². The van der Waals surface area contributed by atoms with Crippen molar-refractivity contribution in [1.29, 1.82) is 0 Å². The maximum atomic E-state index is 5.53. The summed E-state index contributed by atoms with van der Waals surface area (Å²) in [6.07, 6.45) is 4.34. The van der Waals surface area contributed by atoms with Crippen molar-refractivity contribution >= 4 is 0 Å². The minimum Gasteiger partial charge on any atom is -0.496 e. The summed E-state index contributed by atoms with van der Waals surface area (Å²) in [7, 11) is 1.73. The smallest absolute Gasteiger partial charge is 0.128 e. The normalized spacial score (nSPS) is 19.0. The number of aromatic nitrogens is 3. The lowest BCUT2D eigenvalue weighted by Crippen LogP contribution is -2.34. The number of methoxy groups -OCH3 is 1. The van der Waals surface area contributed by atoms with Gasteiger partial charge in [-0.1, -0.05) is 0 Å². The quantitative estimate of drug-likeness (QED) is 0.942. The molecule has 0 bridgehead atoms. The summed E-state index contributed by atoms with van der Waals surface area (Å²) in [6, 6.07) is 2.17. The molecular weight excluding hydrogens is 288 g/mol. The average molecular weight is 314 g/mol. The van der Waals surface area contributed by atoms with Gasteiger partial charge in [-0.25, -0.2) is 0 Å². The highest BCUT2D eigenvalue weighted by molar-refractivity contribution is 5.41. The molecular formula is C18H26N4O. The number of hydrogen-bond acceptors (Lipinski definition) is 4. The van der Waals surface area contributed by atoms with E-state index in [1.165, 1.54) is 18.5 Å². The summed E-state index contributed by atoms with van der Waals surface area (Å²) in [5.74, 6) is 1.48. The SMILES string of the molecule is COc1c(C)cnc(CN2CCC[C@H](c3cc(C)[nH]n3)C2)c1C. The molecule has 1 atom stereocenters. The van der Waals surface area contributed by atoms with Crippen LogP contribution in [0.4, 0.5) is 0 Å². The summed E-state index contributed by atoms with van der Waals surface area (Å²) in [5, 5.41) is 7.51. The fourth-order valence-corrected chi connectivity index (χ4v) is 3.53. The molecule has 0 radical (unpaired) electrons. The molecule has 1 N–H and O–H groups in total. The Bertz CT molecular complexity index is 680. The van der Waals surface area contributed by atoms with Crippen LogP contribution in [0.15, 0.2) is 12.3 Å². The first-order valence-corrected chi connectivity index (χ1v) is 8.31. The lowest BCUT2D eigenvalue weighted by atomic mass is 9.94. The van der Waals surface area contributed by atoms with Gasteiger partial charge in [-0.05, 0) is 46.2 Å². The van der Waals surface area contributed by atoms with Crippen molar-refractivity contribution in [3.63, 3.8) is 0 Å². The third kappa shape index (κ3) is 3.39. The lowest BCUT2D eigenvalue weighted by molar-refractivity contribution is 0.196. The van der Waals surface area contributed by atoms with E-state index in [2.05, 4.69) is 40.0 Å². The number of likely N-dealkylation sites (tertiary alicyclic amines) is 1.